The van der Waals surface area contributed by atoms with Crippen molar-refractivity contribution in [3.63, 3.8) is 0 Å². The number of hydrogen-bond acceptors (Lipinski definition) is 3. The number of aromatic nitrogens is 2. The molecule has 5 nitrogen and oxygen atoms in total. The summed E-state index contributed by atoms with van der Waals surface area (Å²) in [6.45, 7) is 0. The predicted molar refractivity (Wildman–Crippen MR) is 97.6 cm³/mol. The average Bonchev–Trinajstić information content (AvgIpc) is 2.88. The van der Waals surface area contributed by atoms with Crippen LogP contribution in [0.3, 0.4) is 0 Å². The van der Waals surface area contributed by atoms with Gasteiger partial charge in [-0.1, -0.05) is 28.1 Å². The lowest BCUT2D eigenvalue weighted by Gasteiger charge is -2.06. The topological polar surface area (TPSA) is 64.0 Å². The minimum Gasteiger partial charge on any atom is -0.321 e. The minimum atomic E-state index is -0.203. The van der Waals surface area contributed by atoms with E-state index in [2.05, 4.69) is 26.2 Å². The molecule has 0 radical (unpaired) electrons. The molecule has 1 aliphatic heterocycles. The number of nitrogens with one attached hydrogen (secondary N) is 1. The minimum absolute atomic E-state index is 0.139. The zero-order valence-corrected chi connectivity index (χ0v) is 14.3. The molecule has 0 saturated carbocycles. The Morgan fingerprint density at radius 1 is 1.17 bits per heavy atom. The van der Waals surface area contributed by atoms with Crippen LogP contribution in [-0.2, 0) is 11.8 Å². The van der Waals surface area contributed by atoms with Crippen molar-refractivity contribution < 1.29 is 4.79 Å². The Morgan fingerprint density at radius 2 is 1.96 bits per heavy atom. The highest BCUT2D eigenvalue weighted by atomic mass is 79.9. The van der Waals surface area contributed by atoms with Crippen LogP contribution in [0.1, 0.15) is 11.4 Å². The van der Waals surface area contributed by atoms with E-state index < -0.39 is 0 Å². The van der Waals surface area contributed by atoms with Gasteiger partial charge < -0.3 is 5.32 Å². The lowest BCUT2D eigenvalue weighted by atomic mass is 10.1. The highest BCUT2D eigenvalue weighted by Gasteiger charge is 2.24. The van der Waals surface area contributed by atoms with Gasteiger partial charge in [0.2, 0.25) is 0 Å². The van der Waals surface area contributed by atoms with Crippen LogP contribution in [0.15, 0.2) is 51.7 Å². The molecule has 0 spiro atoms. The maximum Gasteiger partial charge on any atom is 0.261 e. The first kappa shape index (κ1) is 14.8. The summed E-state index contributed by atoms with van der Waals surface area (Å²) in [6.07, 6.45) is 1.65. The number of para-hydroxylation sites is 1. The zero-order valence-electron chi connectivity index (χ0n) is 12.7. The van der Waals surface area contributed by atoms with Crippen LogP contribution in [0.4, 0.5) is 5.69 Å². The molecule has 0 atom stereocenters. The summed E-state index contributed by atoms with van der Waals surface area (Å²) >= 11 is 3.42. The number of fused-ring (bicyclic) bond motifs is 2. The van der Waals surface area contributed by atoms with Gasteiger partial charge in [-0.15, -0.1) is 0 Å². The summed E-state index contributed by atoms with van der Waals surface area (Å²) in [6, 6.07) is 12.8. The van der Waals surface area contributed by atoms with Crippen molar-refractivity contribution in [2.45, 2.75) is 0 Å². The zero-order chi connectivity index (χ0) is 16.8. The third kappa shape index (κ3) is 2.27. The summed E-state index contributed by atoms with van der Waals surface area (Å²) in [5.41, 5.74) is 2.50. The normalized spacial score (nSPS) is 14.9. The Balaban J connectivity index is 1.96. The van der Waals surface area contributed by atoms with E-state index in [9.17, 15) is 9.59 Å². The van der Waals surface area contributed by atoms with Crippen molar-refractivity contribution in [1.29, 1.82) is 0 Å². The van der Waals surface area contributed by atoms with E-state index in [0.29, 0.717) is 22.3 Å². The number of amides is 1. The van der Waals surface area contributed by atoms with E-state index >= 15 is 0 Å². The number of halogens is 1. The summed E-state index contributed by atoms with van der Waals surface area (Å²) in [7, 11) is 1.66. The lowest BCUT2D eigenvalue weighted by Crippen LogP contribution is -2.20. The quantitative estimate of drug-likeness (QED) is 0.658. The summed E-state index contributed by atoms with van der Waals surface area (Å²) < 4.78 is 2.34. The van der Waals surface area contributed by atoms with Crippen molar-refractivity contribution in [2.75, 3.05) is 5.32 Å². The van der Waals surface area contributed by atoms with E-state index in [4.69, 9.17) is 0 Å². The van der Waals surface area contributed by atoms with Crippen LogP contribution in [-0.4, -0.2) is 15.5 Å². The molecular weight excluding hydrogens is 370 g/mol. The fraction of sp³-hybridized carbons (Fsp3) is 0.0556. The molecule has 0 saturated heterocycles. The average molecular weight is 382 g/mol. The van der Waals surface area contributed by atoms with Crippen molar-refractivity contribution in [3.05, 3.63) is 68.7 Å². The molecule has 3 aromatic rings. The molecule has 1 aromatic heterocycles. The lowest BCUT2D eigenvalue weighted by molar-refractivity contribution is -0.110. The molecule has 0 bridgehead atoms. The maximum absolute atomic E-state index is 12.5. The third-order valence-electron chi connectivity index (χ3n) is 4.06. The molecule has 4 rings (SSSR count). The van der Waals surface area contributed by atoms with Gasteiger partial charge in [-0.25, -0.2) is 4.98 Å². The first-order valence-electron chi connectivity index (χ1n) is 7.33. The summed E-state index contributed by atoms with van der Waals surface area (Å²) in [5.74, 6) is 0.238. The van der Waals surface area contributed by atoms with Crippen molar-refractivity contribution >= 4 is 50.1 Å². The Hall–Kier alpha value is -2.73. The molecule has 118 valence electrons. The predicted octanol–water partition coefficient (Wildman–Crippen LogP) is 3.19. The SMILES string of the molecule is Cn1c(/C=C2/C(=O)Nc3ccc(Br)cc32)nc2ccccc2c1=O. The van der Waals surface area contributed by atoms with Crippen molar-refractivity contribution in [1.82, 2.24) is 9.55 Å². The van der Waals surface area contributed by atoms with Crippen molar-refractivity contribution in [3.8, 4) is 0 Å². The number of rotatable bonds is 1. The van der Waals surface area contributed by atoms with E-state index in [-0.39, 0.29) is 11.5 Å². The standard InChI is InChI=1S/C18H12BrN3O2/c1-22-16(20-14-5-3-2-4-11(14)18(22)24)9-13-12-8-10(19)6-7-15(12)21-17(13)23/h2-9H,1H3,(H,21,23)/b13-9+. The number of hydrogen-bond donors (Lipinski definition) is 1. The van der Waals surface area contributed by atoms with Crippen LogP contribution in [0.2, 0.25) is 0 Å². The monoisotopic (exact) mass is 381 g/mol. The molecule has 2 heterocycles. The highest BCUT2D eigenvalue weighted by Crippen LogP contribution is 2.34. The van der Waals surface area contributed by atoms with Crippen LogP contribution < -0.4 is 10.9 Å². The molecule has 1 N–H and O–H groups in total. The molecule has 0 aliphatic carbocycles. The Kier molecular flexibility index (Phi) is 3.35. The van der Waals surface area contributed by atoms with E-state index in [1.165, 1.54) is 4.57 Å². The van der Waals surface area contributed by atoms with Gasteiger partial charge >= 0.3 is 0 Å². The summed E-state index contributed by atoms with van der Waals surface area (Å²) in [5, 5.41) is 3.38. The molecule has 24 heavy (non-hydrogen) atoms. The van der Waals surface area contributed by atoms with Gasteiger partial charge in [-0.2, -0.15) is 0 Å². The maximum atomic E-state index is 12.5. The van der Waals surface area contributed by atoms with Crippen LogP contribution in [0, 0.1) is 0 Å². The first-order valence-corrected chi connectivity index (χ1v) is 8.12. The fourth-order valence-corrected chi connectivity index (χ4v) is 3.16. The molecule has 6 heteroatoms. The van der Waals surface area contributed by atoms with Gasteiger partial charge in [0.1, 0.15) is 5.82 Å². The van der Waals surface area contributed by atoms with Gasteiger partial charge in [-0.3, -0.25) is 14.2 Å². The van der Waals surface area contributed by atoms with Gasteiger partial charge in [0.05, 0.1) is 16.5 Å². The Morgan fingerprint density at radius 3 is 2.79 bits per heavy atom. The largest absolute Gasteiger partial charge is 0.321 e. The first-order chi connectivity index (χ1) is 11.5. The number of nitrogens with zero attached hydrogens (tertiary/aromatic N) is 2. The Bertz CT molecular complexity index is 1100. The molecule has 1 amide bonds. The Labute approximate surface area is 145 Å². The number of benzene rings is 2. The van der Waals surface area contributed by atoms with Gasteiger partial charge in [0.15, 0.2) is 0 Å². The molecule has 0 unspecified atom stereocenters. The van der Waals surface area contributed by atoms with Crippen LogP contribution >= 0.6 is 15.9 Å². The number of anilines is 1. The smallest absolute Gasteiger partial charge is 0.261 e. The van der Waals surface area contributed by atoms with Gasteiger partial charge in [0.25, 0.3) is 11.5 Å². The van der Waals surface area contributed by atoms with Crippen molar-refractivity contribution in [2.24, 2.45) is 7.05 Å². The van der Waals surface area contributed by atoms with E-state index in [0.717, 1.165) is 15.7 Å². The second-order valence-corrected chi connectivity index (χ2v) is 6.47. The third-order valence-corrected chi connectivity index (χ3v) is 4.55. The molecule has 2 aromatic carbocycles. The number of carbonyl (C=O) groups excluding carboxylic acids is 1. The second-order valence-electron chi connectivity index (χ2n) is 5.55. The van der Waals surface area contributed by atoms with E-state index in [1.54, 1.807) is 25.3 Å². The molecule has 1 aliphatic rings. The molecular formula is C18H12BrN3O2. The fourth-order valence-electron chi connectivity index (χ4n) is 2.80. The van der Waals surface area contributed by atoms with E-state index in [1.807, 2.05) is 30.3 Å². The van der Waals surface area contributed by atoms with Gasteiger partial charge in [0, 0.05) is 22.8 Å². The van der Waals surface area contributed by atoms with Crippen LogP contribution in [0.5, 0.6) is 0 Å². The highest BCUT2D eigenvalue weighted by molar-refractivity contribution is 9.10. The van der Waals surface area contributed by atoms with Crippen LogP contribution in [0.25, 0.3) is 22.6 Å². The number of carbonyl (C=O) groups is 1. The van der Waals surface area contributed by atoms with Gasteiger partial charge in [-0.05, 0) is 36.4 Å². The molecule has 0 fully saturated rings. The second kappa shape index (κ2) is 5.42. The summed E-state index contributed by atoms with van der Waals surface area (Å²) in [4.78, 5) is 29.3.